The number of carbonyl (C=O) groups is 1. The van der Waals surface area contributed by atoms with Crippen molar-refractivity contribution in [1.82, 2.24) is 15.1 Å². The Balaban J connectivity index is 1.46. The average Bonchev–Trinajstić information content (AvgIpc) is 2.73. The molecule has 2 amide bonds. The molecule has 7 heteroatoms. The zero-order chi connectivity index (χ0) is 20.4. The molecule has 1 N–H and O–H groups in total. The van der Waals surface area contributed by atoms with Crippen molar-refractivity contribution >= 4 is 29.2 Å². The summed E-state index contributed by atoms with van der Waals surface area (Å²) in [7, 11) is 2.11. The molecule has 2 aliphatic rings. The summed E-state index contributed by atoms with van der Waals surface area (Å²) in [4.78, 5) is 16.3. The standard InChI is InChI=1S/C22H25Cl2N3O2/c1-26-13-19(18-10-17(23)11-21(24)20(18)14-26)16-4-2-15(3-5-16)12-25-22(28)27-6-8-29-9-7-27/h2-5,10-11,19H,6-9,12-14H2,1H3,(H,25,28). The van der Waals surface area contributed by atoms with Crippen LogP contribution in [0.2, 0.25) is 10.0 Å². The summed E-state index contributed by atoms with van der Waals surface area (Å²) < 4.78 is 5.29. The number of halogens is 2. The van der Waals surface area contributed by atoms with E-state index in [4.69, 9.17) is 27.9 Å². The molecule has 2 aromatic rings. The summed E-state index contributed by atoms with van der Waals surface area (Å²) in [6, 6.07) is 12.3. The van der Waals surface area contributed by atoms with Crippen LogP contribution in [0.15, 0.2) is 36.4 Å². The van der Waals surface area contributed by atoms with E-state index in [1.54, 1.807) is 4.90 Å². The third kappa shape index (κ3) is 4.69. The van der Waals surface area contributed by atoms with Crippen LogP contribution in [0.4, 0.5) is 4.79 Å². The molecule has 0 aromatic heterocycles. The number of rotatable bonds is 3. The first-order valence-electron chi connectivity index (χ1n) is 9.87. The van der Waals surface area contributed by atoms with Crippen LogP contribution in [0.5, 0.6) is 0 Å². The highest BCUT2D eigenvalue weighted by Gasteiger charge is 2.27. The van der Waals surface area contributed by atoms with Crippen LogP contribution in [0.25, 0.3) is 0 Å². The van der Waals surface area contributed by atoms with Crippen LogP contribution >= 0.6 is 23.2 Å². The molecular weight excluding hydrogens is 409 g/mol. The minimum absolute atomic E-state index is 0.0375. The van der Waals surface area contributed by atoms with E-state index >= 15 is 0 Å². The van der Waals surface area contributed by atoms with Crippen LogP contribution in [0.3, 0.4) is 0 Å². The van der Waals surface area contributed by atoms with E-state index in [0.29, 0.717) is 37.9 Å². The fraction of sp³-hybridized carbons (Fsp3) is 0.409. The Hall–Kier alpha value is -1.79. The lowest BCUT2D eigenvalue weighted by atomic mass is 9.84. The van der Waals surface area contributed by atoms with E-state index in [2.05, 4.69) is 41.5 Å². The molecule has 1 unspecified atom stereocenters. The van der Waals surface area contributed by atoms with Gasteiger partial charge >= 0.3 is 6.03 Å². The van der Waals surface area contributed by atoms with Gasteiger partial charge in [-0.2, -0.15) is 0 Å². The molecule has 2 heterocycles. The number of morpholine rings is 1. The number of carbonyl (C=O) groups excluding carboxylic acids is 1. The van der Waals surface area contributed by atoms with Gasteiger partial charge in [0, 0.05) is 48.7 Å². The SMILES string of the molecule is CN1Cc2c(Cl)cc(Cl)cc2C(c2ccc(CNC(=O)N3CCOCC3)cc2)C1. The van der Waals surface area contributed by atoms with Gasteiger partial charge in [-0.15, -0.1) is 0 Å². The highest BCUT2D eigenvalue weighted by atomic mass is 35.5. The number of benzene rings is 2. The molecule has 1 fully saturated rings. The summed E-state index contributed by atoms with van der Waals surface area (Å²) in [5.74, 6) is 0.219. The summed E-state index contributed by atoms with van der Waals surface area (Å²) in [6.07, 6.45) is 0. The molecule has 0 bridgehead atoms. The van der Waals surface area contributed by atoms with Gasteiger partial charge in [0.1, 0.15) is 0 Å². The highest BCUT2D eigenvalue weighted by molar-refractivity contribution is 6.35. The number of amides is 2. The van der Waals surface area contributed by atoms with Gasteiger partial charge in [0.15, 0.2) is 0 Å². The molecule has 1 atom stereocenters. The van der Waals surface area contributed by atoms with Crippen molar-refractivity contribution in [2.24, 2.45) is 0 Å². The van der Waals surface area contributed by atoms with Gasteiger partial charge in [-0.3, -0.25) is 0 Å². The van der Waals surface area contributed by atoms with E-state index < -0.39 is 0 Å². The first kappa shape index (κ1) is 20.5. The second kappa shape index (κ2) is 8.92. The summed E-state index contributed by atoms with van der Waals surface area (Å²) in [5.41, 5.74) is 4.65. The summed E-state index contributed by atoms with van der Waals surface area (Å²) in [5, 5.41) is 4.39. The minimum Gasteiger partial charge on any atom is -0.378 e. The van der Waals surface area contributed by atoms with E-state index in [-0.39, 0.29) is 11.9 Å². The molecule has 2 aliphatic heterocycles. The zero-order valence-corrected chi connectivity index (χ0v) is 18.0. The van der Waals surface area contributed by atoms with Crippen LogP contribution in [-0.4, -0.2) is 55.7 Å². The monoisotopic (exact) mass is 433 g/mol. The largest absolute Gasteiger partial charge is 0.378 e. The number of likely N-dealkylation sites (N-methyl/N-ethyl adjacent to an activating group) is 1. The maximum Gasteiger partial charge on any atom is 0.317 e. The quantitative estimate of drug-likeness (QED) is 0.791. The molecule has 5 nitrogen and oxygen atoms in total. The lowest BCUT2D eigenvalue weighted by molar-refractivity contribution is 0.0531. The molecular formula is C22H25Cl2N3O2. The van der Waals surface area contributed by atoms with Gasteiger partial charge in [0.25, 0.3) is 0 Å². The van der Waals surface area contributed by atoms with Gasteiger partial charge in [0.05, 0.1) is 13.2 Å². The molecule has 0 aliphatic carbocycles. The van der Waals surface area contributed by atoms with Crippen LogP contribution in [-0.2, 0) is 17.8 Å². The first-order chi connectivity index (χ1) is 14.0. The van der Waals surface area contributed by atoms with E-state index in [0.717, 1.165) is 29.2 Å². The third-order valence-corrected chi connectivity index (χ3v) is 6.17. The van der Waals surface area contributed by atoms with Crippen molar-refractivity contribution < 1.29 is 9.53 Å². The van der Waals surface area contributed by atoms with E-state index in [9.17, 15) is 4.79 Å². The second-order valence-electron chi connectivity index (χ2n) is 7.70. The Morgan fingerprint density at radius 1 is 1.17 bits per heavy atom. The molecule has 29 heavy (non-hydrogen) atoms. The van der Waals surface area contributed by atoms with Gasteiger partial charge < -0.3 is 19.9 Å². The van der Waals surface area contributed by atoms with Crippen molar-refractivity contribution in [3.63, 3.8) is 0 Å². The predicted molar refractivity (Wildman–Crippen MR) is 116 cm³/mol. The summed E-state index contributed by atoms with van der Waals surface area (Å²) in [6.45, 7) is 4.75. The van der Waals surface area contributed by atoms with Crippen molar-refractivity contribution in [2.45, 2.75) is 19.0 Å². The van der Waals surface area contributed by atoms with Gasteiger partial charge in [-0.05, 0) is 41.4 Å². The Kier molecular flexibility index (Phi) is 6.30. The molecule has 2 aromatic carbocycles. The van der Waals surface area contributed by atoms with Crippen LogP contribution in [0.1, 0.15) is 28.2 Å². The number of urea groups is 1. The number of fused-ring (bicyclic) bond motifs is 1. The molecule has 154 valence electrons. The second-order valence-corrected chi connectivity index (χ2v) is 8.55. The molecule has 4 rings (SSSR count). The number of hydrogen-bond acceptors (Lipinski definition) is 3. The fourth-order valence-corrected chi connectivity index (χ4v) is 4.62. The lowest BCUT2D eigenvalue weighted by Gasteiger charge is -2.33. The van der Waals surface area contributed by atoms with Gasteiger partial charge in [-0.25, -0.2) is 4.79 Å². The van der Waals surface area contributed by atoms with Crippen molar-refractivity contribution in [3.8, 4) is 0 Å². The molecule has 1 saturated heterocycles. The number of hydrogen-bond donors (Lipinski definition) is 1. The first-order valence-corrected chi connectivity index (χ1v) is 10.6. The zero-order valence-electron chi connectivity index (χ0n) is 16.5. The molecule has 0 saturated carbocycles. The van der Waals surface area contributed by atoms with Gasteiger partial charge in [-0.1, -0.05) is 47.5 Å². The third-order valence-electron chi connectivity index (χ3n) is 5.62. The highest BCUT2D eigenvalue weighted by Crippen LogP contribution is 2.38. The number of nitrogens with one attached hydrogen (secondary N) is 1. The maximum atomic E-state index is 12.3. The maximum absolute atomic E-state index is 12.3. The van der Waals surface area contributed by atoms with Crippen molar-refractivity contribution in [1.29, 1.82) is 0 Å². The van der Waals surface area contributed by atoms with E-state index in [1.165, 1.54) is 11.1 Å². The normalized spacial score (nSPS) is 19.7. The van der Waals surface area contributed by atoms with Gasteiger partial charge in [0.2, 0.25) is 0 Å². The average molecular weight is 434 g/mol. The van der Waals surface area contributed by atoms with Crippen LogP contribution < -0.4 is 5.32 Å². The Labute approximate surface area is 181 Å². The predicted octanol–water partition coefficient (Wildman–Crippen LogP) is 4.11. The number of nitrogens with zero attached hydrogens (tertiary/aromatic N) is 2. The van der Waals surface area contributed by atoms with Crippen molar-refractivity contribution in [2.75, 3.05) is 39.9 Å². The fourth-order valence-electron chi connectivity index (χ4n) is 4.05. The smallest absolute Gasteiger partial charge is 0.317 e. The van der Waals surface area contributed by atoms with E-state index in [1.807, 2.05) is 12.1 Å². The summed E-state index contributed by atoms with van der Waals surface area (Å²) >= 11 is 12.7. The number of ether oxygens (including phenoxy) is 1. The molecule has 0 spiro atoms. The minimum atomic E-state index is -0.0375. The Morgan fingerprint density at radius 3 is 2.62 bits per heavy atom. The molecule has 0 radical (unpaired) electrons. The Morgan fingerprint density at radius 2 is 1.90 bits per heavy atom. The Bertz CT molecular complexity index is 882. The topological polar surface area (TPSA) is 44.8 Å². The lowest BCUT2D eigenvalue weighted by Crippen LogP contribution is -2.45. The van der Waals surface area contributed by atoms with Crippen molar-refractivity contribution in [3.05, 3.63) is 68.7 Å². The van der Waals surface area contributed by atoms with Crippen LogP contribution in [0, 0.1) is 0 Å².